The van der Waals surface area contributed by atoms with Gasteiger partial charge in [0.15, 0.2) is 0 Å². The van der Waals surface area contributed by atoms with Gasteiger partial charge in [0, 0.05) is 20.0 Å². The lowest BCUT2D eigenvalue weighted by atomic mass is 10.2. The molecule has 6 nitrogen and oxygen atoms in total. The molecule has 0 heterocycles. The van der Waals surface area contributed by atoms with Gasteiger partial charge in [-0.25, -0.2) is 0 Å². The minimum Gasteiger partial charge on any atom is -0.356 e. The van der Waals surface area contributed by atoms with E-state index >= 15 is 0 Å². The molecule has 0 aromatic rings. The number of nitrogens with two attached hydrogens (primary N) is 2. The number of amides is 2. The number of unbranched alkanes of at least 4 members (excludes halogenated alkanes) is 2. The van der Waals surface area contributed by atoms with E-state index in [0.717, 1.165) is 19.3 Å². The van der Waals surface area contributed by atoms with E-state index in [1.54, 1.807) is 0 Å². The van der Waals surface area contributed by atoms with Crippen LogP contribution in [0.25, 0.3) is 0 Å². The van der Waals surface area contributed by atoms with E-state index in [1.165, 1.54) is 6.92 Å². The number of hydrogen-bond acceptors (Lipinski definition) is 4. The van der Waals surface area contributed by atoms with E-state index in [1.807, 2.05) is 0 Å². The summed E-state index contributed by atoms with van der Waals surface area (Å²) in [6, 6.07) is 0. The van der Waals surface area contributed by atoms with Crippen LogP contribution in [0.5, 0.6) is 0 Å². The normalized spacial score (nSPS) is 10.1. The standard InChI is InChI=1S/C9H20N4O2/c1-7(14)12-5-3-2-4-6-13-9(15)8(10)11/h8H,2-6,10-11H2,1H3,(H,12,14)(H,13,15). The van der Waals surface area contributed by atoms with E-state index in [-0.39, 0.29) is 11.8 Å². The average Bonchev–Trinajstić information content (AvgIpc) is 2.15. The van der Waals surface area contributed by atoms with Crippen LogP contribution in [0.2, 0.25) is 0 Å². The monoisotopic (exact) mass is 216 g/mol. The Balaban J connectivity index is 3.18. The highest BCUT2D eigenvalue weighted by Crippen LogP contribution is 1.92. The van der Waals surface area contributed by atoms with Gasteiger partial charge in [0.1, 0.15) is 6.17 Å². The van der Waals surface area contributed by atoms with Crippen LogP contribution in [-0.2, 0) is 9.59 Å². The summed E-state index contributed by atoms with van der Waals surface area (Å²) >= 11 is 0. The van der Waals surface area contributed by atoms with Gasteiger partial charge in [0.2, 0.25) is 5.91 Å². The Morgan fingerprint density at radius 2 is 1.60 bits per heavy atom. The third-order valence-corrected chi connectivity index (χ3v) is 1.83. The van der Waals surface area contributed by atoms with Crippen LogP contribution in [0, 0.1) is 0 Å². The molecule has 0 aromatic heterocycles. The quantitative estimate of drug-likeness (QED) is 0.311. The van der Waals surface area contributed by atoms with E-state index in [9.17, 15) is 9.59 Å². The fourth-order valence-corrected chi connectivity index (χ4v) is 1.02. The first-order valence-corrected chi connectivity index (χ1v) is 5.07. The van der Waals surface area contributed by atoms with Gasteiger partial charge in [-0.2, -0.15) is 0 Å². The van der Waals surface area contributed by atoms with Crippen molar-refractivity contribution in [2.75, 3.05) is 13.1 Å². The summed E-state index contributed by atoms with van der Waals surface area (Å²) in [6.07, 6.45) is 1.77. The Morgan fingerprint density at radius 1 is 1.07 bits per heavy atom. The second-order valence-electron chi connectivity index (χ2n) is 3.36. The van der Waals surface area contributed by atoms with Crippen LogP contribution in [-0.4, -0.2) is 31.1 Å². The molecule has 0 aromatic carbocycles. The zero-order valence-corrected chi connectivity index (χ0v) is 9.08. The summed E-state index contributed by atoms with van der Waals surface area (Å²) in [5.74, 6) is -0.353. The molecule has 0 rings (SSSR count). The van der Waals surface area contributed by atoms with Gasteiger partial charge in [0.25, 0.3) is 5.91 Å². The molecule has 88 valence electrons. The molecule has 0 saturated heterocycles. The smallest absolute Gasteiger partial charge is 0.251 e. The van der Waals surface area contributed by atoms with Gasteiger partial charge in [-0.15, -0.1) is 0 Å². The SMILES string of the molecule is CC(=O)NCCCCCNC(=O)C(N)N. The van der Waals surface area contributed by atoms with E-state index in [4.69, 9.17) is 11.5 Å². The fourth-order valence-electron chi connectivity index (χ4n) is 1.02. The van der Waals surface area contributed by atoms with Crippen molar-refractivity contribution in [1.29, 1.82) is 0 Å². The Labute approximate surface area is 89.8 Å². The van der Waals surface area contributed by atoms with E-state index in [0.29, 0.717) is 13.1 Å². The molecular formula is C9H20N4O2. The predicted molar refractivity (Wildman–Crippen MR) is 57.7 cm³/mol. The lowest BCUT2D eigenvalue weighted by Crippen LogP contribution is -2.47. The lowest BCUT2D eigenvalue weighted by Gasteiger charge is -2.07. The van der Waals surface area contributed by atoms with Crippen LogP contribution in [0.3, 0.4) is 0 Å². The molecule has 0 unspecified atom stereocenters. The molecule has 6 N–H and O–H groups in total. The molecule has 0 aliphatic heterocycles. The predicted octanol–water partition coefficient (Wildman–Crippen LogP) is -1.35. The topological polar surface area (TPSA) is 110 Å². The van der Waals surface area contributed by atoms with Gasteiger partial charge in [-0.05, 0) is 19.3 Å². The maximum absolute atomic E-state index is 10.9. The molecule has 0 saturated carbocycles. The zero-order chi connectivity index (χ0) is 11.7. The zero-order valence-electron chi connectivity index (χ0n) is 9.08. The highest BCUT2D eigenvalue weighted by molar-refractivity contribution is 5.80. The van der Waals surface area contributed by atoms with Gasteiger partial charge < -0.3 is 22.1 Å². The number of hydrogen-bond donors (Lipinski definition) is 4. The van der Waals surface area contributed by atoms with Crippen molar-refractivity contribution >= 4 is 11.8 Å². The van der Waals surface area contributed by atoms with Crippen molar-refractivity contribution in [3.63, 3.8) is 0 Å². The number of nitrogens with one attached hydrogen (secondary N) is 2. The largest absolute Gasteiger partial charge is 0.356 e. The molecule has 0 radical (unpaired) electrons. The molecule has 0 aliphatic carbocycles. The molecule has 0 spiro atoms. The first kappa shape index (κ1) is 13.9. The fraction of sp³-hybridized carbons (Fsp3) is 0.778. The molecule has 0 bridgehead atoms. The van der Waals surface area contributed by atoms with E-state index < -0.39 is 6.17 Å². The number of carbonyl (C=O) groups excluding carboxylic acids is 2. The first-order valence-electron chi connectivity index (χ1n) is 5.07. The van der Waals surface area contributed by atoms with Crippen LogP contribution in [0.4, 0.5) is 0 Å². The second kappa shape index (κ2) is 8.19. The molecular weight excluding hydrogens is 196 g/mol. The Hall–Kier alpha value is -1.14. The van der Waals surface area contributed by atoms with Crippen molar-refractivity contribution in [2.45, 2.75) is 32.4 Å². The van der Waals surface area contributed by atoms with Crippen LogP contribution >= 0.6 is 0 Å². The highest BCUT2D eigenvalue weighted by atomic mass is 16.2. The van der Waals surface area contributed by atoms with Crippen molar-refractivity contribution in [2.24, 2.45) is 11.5 Å². The summed E-state index contributed by atoms with van der Waals surface area (Å²) < 4.78 is 0. The van der Waals surface area contributed by atoms with Crippen molar-refractivity contribution < 1.29 is 9.59 Å². The highest BCUT2D eigenvalue weighted by Gasteiger charge is 2.05. The number of carbonyl (C=O) groups is 2. The first-order chi connectivity index (χ1) is 7.04. The lowest BCUT2D eigenvalue weighted by molar-refractivity contribution is -0.122. The van der Waals surface area contributed by atoms with Gasteiger partial charge in [0.05, 0.1) is 0 Å². The Kier molecular flexibility index (Phi) is 7.57. The maximum Gasteiger partial charge on any atom is 0.251 e. The third kappa shape index (κ3) is 9.17. The van der Waals surface area contributed by atoms with Crippen molar-refractivity contribution in [3.8, 4) is 0 Å². The average molecular weight is 216 g/mol. The van der Waals surface area contributed by atoms with Crippen LogP contribution < -0.4 is 22.1 Å². The van der Waals surface area contributed by atoms with E-state index in [2.05, 4.69) is 10.6 Å². The summed E-state index contributed by atoms with van der Waals surface area (Å²) in [4.78, 5) is 21.4. The molecule has 0 fully saturated rings. The molecule has 6 heteroatoms. The third-order valence-electron chi connectivity index (χ3n) is 1.83. The summed E-state index contributed by atoms with van der Waals surface area (Å²) in [5, 5.41) is 5.30. The number of rotatable bonds is 7. The molecule has 15 heavy (non-hydrogen) atoms. The van der Waals surface area contributed by atoms with Gasteiger partial charge >= 0.3 is 0 Å². The van der Waals surface area contributed by atoms with Crippen LogP contribution in [0.1, 0.15) is 26.2 Å². The van der Waals surface area contributed by atoms with Gasteiger partial charge in [-0.1, -0.05) is 0 Å². The Morgan fingerprint density at radius 3 is 2.07 bits per heavy atom. The summed E-state index contributed by atoms with van der Waals surface area (Å²) in [6.45, 7) is 2.74. The van der Waals surface area contributed by atoms with Crippen molar-refractivity contribution in [1.82, 2.24) is 10.6 Å². The van der Waals surface area contributed by atoms with Crippen molar-refractivity contribution in [3.05, 3.63) is 0 Å². The summed E-state index contributed by atoms with van der Waals surface area (Å²) in [7, 11) is 0. The Bertz CT molecular complexity index is 206. The molecule has 0 atom stereocenters. The maximum atomic E-state index is 10.9. The second-order valence-corrected chi connectivity index (χ2v) is 3.36. The molecule has 2 amide bonds. The van der Waals surface area contributed by atoms with Crippen LogP contribution in [0.15, 0.2) is 0 Å². The molecule has 0 aliphatic rings. The minimum atomic E-state index is -0.940. The minimum absolute atomic E-state index is 0.0163. The summed E-state index contributed by atoms with van der Waals surface area (Å²) in [5.41, 5.74) is 10.3. The van der Waals surface area contributed by atoms with Gasteiger partial charge in [-0.3, -0.25) is 9.59 Å².